The van der Waals surface area contributed by atoms with Crippen molar-refractivity contribution in [3.05, 3.63) is 152 Å². The minimum Gasteiger partial charge on any atom is -0.456 e. The molecule has 4 nitrogen and oxygen atoms in total. The molecule has 0 atom stereocenters. The molecule has 0 aliphatic carbocycles. The van der Waals surface area contributed by atoms with Gasteiger partial charge in [0.25, 0.3) is 0 Å². The molecule has 0 aliphatic heterocycles. The Bertz CT molecular complexity index is 2470. The smallest absolute Gasteiger partial charge is 0.164 e. The van der Waals surface area contributed by atoms with E-state index >= 15 is 0 Å². The van der Waals surface area contributed by atoms with E-state index in [2.05, 4.69) is 78.9 Å². The maximum Gasteiger partial charge on any atom is 0.164 e. The van der Waals surface area contributed by atoms with Crippen molar-refractivity contribution < 1.29 is 4.42 Å². The van der Waals surface area contributed by atoms with Crippen LogP contribution in [0.2, 0.25) is 0 Å². The van der Waals surface area contributed by atoms with Crippen molar-refractivity contribution >= 4 is 43.5 Å². The first-order valence-electron chi connectivity index (χ1n) is 15.0. The summed E-state index contributed by atoms with van der Waals surface area (Å²) in [4.78, 5) is 14.9. The molecule has 9 rings (SSSR count). The van der Waals surface area contributed by atoms with Crippen LogP contribution in [0.3, 0.4) is 0 Å². The predicted molar refractivity (Wildman–Crippen MR) is 184 cm³/mol. The van der Waals surface area contributed by atoms with Crippen LogP contribution in [0.15, 0.2) is 156 Å². The van der Waals surface area contributed by atoms with E-state index < -0.39 is 0 Å². The summed E-state index contributed by atoms with van der Waals surface area (Å²) < 4.78 is 6.45. The third kappa shape index (κ3) is 4.35. The van der Waals surface area contributed by atoms with Crippen LogP contribution in [0, 0.1) is 0 Å². The highest BCUT2D eigenvalue weighted by Crippen LogP contribution is 2.39. The summed E-state index contributed by atoms with van der Waals surface area (Å²) in [7, 11) is 0. The molecule has 4 heteroatoms. The van der Waals surface area contributed by atoms with Crippen molar-refractivity contribution in [3.8, 4) is 45.3 Å². The second-order valence-corrected chi connectivity index (χ2v) is 11.3. The Hall–Kier alpha value is -6.13. The number of hydrogen-bond donors (Lipinski definition) is 0. The molecule has 7 aromatic carbocycles. The summed E-state index contributed by atoms with van der Waals surface area (Å²) in [5, 5.41) is 6.79. The van der Waals surface area contributed by atoms with Gasteiger partial charge in [-0.2, -0.15) is 0 Å². The van der Waals surface area contributed by atoms with Crippen LogP contribution >= 0.6 is 0 Å². The predicted octanol–water partition coefficient (Wildman–Crippen LogP) is 10.7. The van der Waals surface area contributed by atoms with Gasteiger partial charge in [-0.1, -0.05) is 127 Å². The lowest BCUT2D eigenvalue weighted by Gasteiger charge is -2.09. The van der Waals surface area contributed by atoms with Gasteiger partial charge >= 0.3 is 0 Å². The zero-order valence-electron chi connectivity index (χ0n) is 24.2. The van der Waals surface area contributed by atoms with Crippen molar-refractivity contribution in [2.75, 3.05) is 0 Å². The summed E-state index contributed by atoms with van der Waals surface area (Å²) in [6.45, 7) is 0. The molecule has 0 fully saturated rings. The fraction of sp³-hybridized carbons (Fsp3) is 0. The quantitative estimate of drug-likeness (QED) is 0.209. The molecule has 0 N–H and O–H groups in total. The van der Waals surface area contributed by atoms with E-state index in [1.165, 1.54) is 21.9 Å². The van der Waals surface area contributed by atoms with Crippen LogP contribution < -0.4 is 0 Å². The van der Waals surface area contributed by atoms with E-state index in [-0.39, 0.29) is 0 Å². The molecule has 0 saturated carbocycles. The average molecular weight is 576 g/mol. The van der Waals surface area contributed by atoms with Gasteiger partial charge in [0.2, 0.25) is 0 Å². The van der Waals surface area contributed by atoms with Crippen LogP contribution in [0.25, 0.3) is 88.8 Å². The summed E-state index contributed by atoms with van der Waals surface area (Å²) in [6.07, 6.45) is 0. The van der Waals surface area contributed by atoms with Crippen molar-refractivity contribution in [3.63, 3.8) is 0 Å². The molecule has 0 bridgehead atoms. The van der Waals surface area contributed by atoms with E-state index in [4.69, 9.17) is 19.4 Å². The van der Waals surface area contributed by atoms with Crippen LogP contribution in [0.5, 0.6) is 0 Å². The van der Waals surface area contributed by atoms with E-state index in [9.17, 15) is 0 Å². The van der Waals surface area contributed by atoms with Gasteiger partial charge in [0.1, 0.15) is 11.2 Å². The number of rotatable bonds is 4. The first-order chi connectivity index (χ1) is 22.3. The van der Waals surface area contributed by atoms with Crippen molar-refractivity contribution in [1.29, 1.82) is 0 Å². The van der Waals surface area contributed by atoms with Gasteiger partial charge in [0.15, 0.2) is 17.5 Å². The number of benzene rings is 7. The highest BCUT2D eigenvalue weighted by atomic mass is 16.3. The molecule has 210 valence electrons. The first kappa shape index (κ1) is 25.4. The summed E-state index contributed by atoms with van der Waals surface area (Å²) in [6, 6.07) is 52.3. The molecule has 9 aromatic rings. The lowest BCUT2D eigenvalue weighted by molar-refractivity contribution is 0.669. The van der Waals surface area contributed by atoms with Gasteiger partial charge in [-0.15, -0.1) is 0 Å². The van der Waals surface area contributed by atoms with Gasteiger partial charge in [-0.25, -0.2) is 15.0 Å². The molecule has 0 radical (unpaired) electrons. The number of nitrogens with zero attached hydrogens (tertiary/aromatic N) is 3. The molecule has 0 saturated heterocycles. The van der Waals surface area contributed by atoms with E-state index in [0.717, 1.165) is 49.4 Å². The Morgan fingerprint density at radius 1 is 0.356 bits per heavy atom. The van der Waals surface area contributed by atoms with Gasteiger partial charge in [0.05, 0.1) is 0 Å². The van der Waals surface area contributed by atoms with E-state index in [1.54, 1.807) is 0 Å². The minimum absolute atomic E-state index is 0.612. The Labute approximate surface area is 259 Å². The zero-order chi connectivity index (χ0) is 29.7. The molecule has 0 spiro atoms. The largest absolute Gasteiger partial charge is 0.456 e. The highest BCUT2D eigenvalue weighted by Gasteiger charge is 2.18. The number of hydrogen-bond acceptors (Lipinski definition) is 4. The third-order valence-corrected chi connectivity index (χ3v) is 8.50. The van der Waals surface area contributed by atoms with Crippen molar-refractivity contribution in [1.82, 2.24) is 15.0 Å². The number of aromatic nitrogens is 3. The monoisotopic (exact) mass is 575 g/mol. The van der Waals surface area contributed by atoms with E-state index in [0.29, 0.717) is 17.5 Å². The van der Waals surface area contributed by atoms with Gasteiger partial charge < -0.3 is 4.42 Å². The minimum atomic E-state index is 0.612. The van der Waals surface area contributed by atoms with Crippen LogP contribution in [-0.4, -0.2) is 15.0 Å². The maximum atomic E-state index is 6.45. The second kappa shape index (κ2) is 10.2. The first-order valence-corrected chi connectivity index (χ1v) is 15.0. The Balaban J connectivity index is 1.27. The normalized spacial score (nSPS) is 11.6. The molecule has 2 heterocycles. The molecular formula is C41H25N3O. The van der Waals surface area contributed by atoms with Gasteiger partial charge in [-0.05, 0) is 56.9 Å². The number of fused-ring (bicyclic) bond motifs is 5. The summed E-state index contributed by atoms with van der Waals surface area (Å²) >= 11 is 0. The summed E-state index contributed by atoms with van der Waals surface area (Å²) in [5.41, 5.74) is 6.83. The molecule has 45 heavy (non-hydrogen) atoms. The standard InChI is InChI=1S/C41H25N3O/c1-3-12-27(13-4-1)39-42-40(28-14-5-2-6-15-28)44-41(43-39)34-19-10-20-36-38(34)35-24-31-23-30(22-21-29(31)25-37(35)45-36)33-18-9-16-26-11-7-8-17-32(26)33/h1-25H. The highest BCUT2D eigenvalue weighted by molar-refractivity contribution is 6.15. The maximum absolute atomic E-state index is 6.45. The SMILES string of the molecule is c1ccc(-c2nc(-c3ccccc3)nc(-c3cccc4oc5cc6ccc(-c7cccc8ccccc78)cc6cc5c34)n2)cc1. The van der Waals surface area contributed by atoms with Gasteiger partial charge in [-0.3, -0.25) is 0 Å². The van der Waals surface area contributed by atoms with Crippen LogP contribution in [0.1, 0.15) is 0 Å². The lowest BCUT2D eigenvalue weighted by Crippen LogP contribution is -2.00. The summed E-state index contributed by atoms with van der Waals surface area (Å²) in [5.74, 6) is 1.88. The number of furan rings is 1. The second-order valence-electron chi connectivity index (χ2n) is 11.3. The molecule has 0 amide bonds. The van der Waals surface area contributed by atoms with Crippen molar-refractivity contribution in [2.45, 2.75) is 0 Å². The fourth-order valence-corrected chi connectivity index (χ4v) is 6.33. The van der Waals surface area contributed by atoms with Gasteiger partial charge in [0, 0.05) is 27.5 Å². The Morgan fingerprint density at radius 3 is 1.78 bits per heavy atom. The topological polar surface area (TPSA) is 51.8 Å². The Kier molecular flexibility index (Phi) is 5.78. The lowest BCUT2D eigenvalue weighted by atomic mass is 9.95. The average Bonchev–Trinajstić information content (AvgIpc) is 3.48. The molecular weight excluding hydrogens is 550 g/mol. The van der Waals surface area contributed by atoms with Crippen LogP contribution in [0.4, 0.5) is 0 Å². The fourth-order valence-electron chi connectivity index (χ4n) is 6.33. The van der Waals surface area contributed by atoms with Crippen LogP contribution in [-0.2, 0) is 0 Å². The molecule has 2 aromatic heterocycles. The zero-order valence-corrected chi connectivity index (χ0v) is 24.2. The van der Waals surface area contributed by atoms with Crippen molar-refractivity contribution in [2.24, 2.45) is 0 Å². The molecule has 0 unspecified atom stereocenters. The molecule has 0 aliphatic rings. The third-order valence-electron chi connectivity index (χ3n) is 8.50. The Morgan fingerprint density at radius 2 is 1.00 bits per heavy atom. The van der Waals surface area contributed by atoms with E-state index in [1.807, 2.05) is 72.8 Å².